The van der Waals surface area contributed by atoms with Crippen molar-refractivity contribution in [2.45, 2.75) is 105 Å². The van der Waals surface area contributed by atoms with Crippen LogP contribution in [-0.2, 0) is 18.0 Å². The molecule has 4 atom stereocenters. The lowest BCUT2D eigenvalue weighted by Crippen LogP contribution is -2.09. The predicted octanol–water partition coefficient (Wildman–Crippen LogP) is 15.1. The number of ether oxygens (including phenoxy) is 1. The molecule has 3 nitrogen and oxygen atoms in total. The molecule has 0 aliphatic rings. The van der Waals surface area contributed by atoms with Crippen molar-refractivity contribution < 1.29 is 14.9 Å². The van der Waals surface area contributed by atoms with Crippen molar-refractivity contribution in [3.8, 4) is 44.5 Å². The molecule has 6 aromatic rings. The normalized spacial score (nSPS) is 13.7. The van der Waals surface area contributed by atoms with Crippen LogP contribution in [0.15, 0.2) is 146 Å². The van der Waals surface area contributed by atoms with Crippen LogP contribution in [0.25, 0.3) is 44.5 Å². The molecule has 308 valence electrons. The highest BCUT2D eigenvalue weighted by Crippen LogP contribution is 2.33. The van der Waals surface area contributed by atoms with Crippen LogP contribution < -0.4 is 0 Å². The maximum Gasteiger partial charge on any atom is 0.0815 e. The minimum atomic E-state index is -0.438. The molecular formula is C56H66O3. The summed E-state index contributed by atoms with van der Waals surface area (Å²) >= 11 is 0. The summed E-state index contributed by atoms with van der Waals surface area (Å²) in [6, 6.07) is 51.4. The highest BCUT2D eigenvalue weighted by Gasteiger charge is 2.18. The van der Waals surface area contributed by atoms with Gasteiger partial charge >= 0.3 is 0 Å². The third-order valence-corrected chi connectivity index (χ3v) is 12.1. The summed E-state index contributed by atoms with van der Waals surface area (Å²) in [6.07, 6.45) is 5.93. The Balaban J connectivity index is 1.05. The third kappa shape index (κ3) is 12.1. The van der Waals surface area contributed by atoms with Crippen LogP contribution in [0.4, 0.5) is 0 Å². The van der Waals surface area contributed by atoms with Gasteiger partial charge < -0.3 is 14.9 Å². The lowest BCUT2D eigenvalue weighted by molar-refractivity contribution is 0.108. The van der Waals surface area contributed by atoms with Gasteiger partial charge in [-0.05, 0) is 103 Å². The molecule has 0 bridgehead atoms. The molecule has 0 aliphatic heterocycles. The maximum absolute atomic E-state index is 11.0. The molecule has 0 amide bonds. The fraction of sp³-hybridized carbons (Fsp3) is 0.357. The van der Waals surface area contributed by atoms with Crippen molar-refractivity contribution in [1.82, 2.24) is 0 Å². The number of hydrogen-bond acceptors (Lipinski definition) is 3. The van der Waals surface area contributed by atoms with Gasteiger partial charge in [-0.2, -0.15) is 0 Å². The van der Waals surface area contributed by atoms with Crippen molar-refractivity contribution in [3.63, 3.8) is 0 Å². The number of rotatable bonds is 20. The monoisotopic (exact) mass is 787 g/mol. The summed E-state index contributed by atoms with van der Waals surface area (Å²) in [6.45, 7) is 14.4. The number of aliphatic hydroxyl groups is 2. The Morgan fingerprint density at radius 2 is 0.678 bits per heavy atom. The molecule has 59 heavy (non-hydrogen) atoms. The second-order valence-electron chi connectivity index (χ2n) is 17.7. The van der Waals surface area contributed by atoms with E-state index in [0.717, 1.165) is 81.3 Å². The average Bonchev–Trinajstić information content (AvgIpc) is 3.26. The lowest BCUT2D eigenvalue weighted by atomic mass is 9.90. The molecule has 0 radical (unpaired) electrons. The minimum absolute atomic E-state index is 0.242. The van der Waals surface area contributed by atoms with Crippen LogP contribution >= 0.6 is 0 Å². The molecule has 0 aliphatic carbocycles. The van der Waals surface area contributed by atoms with E-state index in [4.69, 9.17) is 4.74 Å². The van der Waals surface area contributed by atoms with E-state index < -0.39 is 12.2 Å². The van der Waals surface area contributed by atoms with Crippen LogP contribution in [0.5, 0.6) is 0 Å². The molecule has 2 N–H and O–H groups in total. The summed E-state index contributed by atoms with van der Waals surface area (Å²) in [5.41, 5.74) is 13.6. The van der Waals surface area contributed by atoms with Crippen molar-refractivity contribution in [3.05, 3.63) is 168 Å². The summed E-state index contributed by atoms with van der Waals surface area (Å²) in [5, 5.41) is 22.0. The second kappa shape index (κ2) is 21.5. The molecule has 0 aromatic heterocycles. The third-order valence-electron chi connectivity index (χ3n) is 12.1. The Labute approximate surface area is 355 Å². The fourth-order valence-corrected chi connectivity index (χ4v) is 8.23. The van der Waals surface area contributed by atoms with Crippen molar-refractivity contribution in [2.24, 2.45) is 23.7 Å². The van der Waals surface area contributed by atoms with Crippen LogP contribution in [-0.4, -0.2) is 10.2 Å². The number of hydrogen-bond donors (Lipinski definition) is 2. The zero-order valence-electron chi connectivity index (χ0n) is 36.3. The molecule has 4 unspecified atom stereocenters. The summed E-state index contributed by atoms with van der Waals surface area (Å²) < 4.78 is 6.43. The highest BCUT2D eigenvalue weighted by atomic mass is 16.5. The van der Waals surface area contributed by atoms with Crippen LogP contribution in [0.1, 0.15) is 115 Å². The first-order valence-corrected chi connectivity index (χ1v) is 22.1. The van der Waals surface area contributed by atoms with E-state index in [1.165, 1.54) is 24.0 Å². The van der Waals surface area contributed by atoms with Crippen LogP contribution in [0.3, 0.4) is 0 Å². The van der Waals surface area contributed by atoms with Crippen LogP contribution in [0.2, 0.25) is 0 Å². The minimum Gasteiger partial charge on any atom is -0.388 e. The van der Waals surface area contributed by atoms with Crippen LogP contribution in [0, 0.1) is 23.7 Å². The number of aliphatic hydroxyl groups excluding tert-OH is 2. The first kappa shape index (κ1) is 43.8. The molecule has 6 rings (SSSR count). The Morgan fingerprint density at radius 3 is 1.02 bits per heavy atom. The van der Waals surface area contributed by atoms with Gasteiger partial charge in [0.2, 0.25) is 0 Å². The zero-order chi connectivity index (χ0) is 41.7. The smallest absolute Gasteiger partial charge is 0.0815 e. The Hall–Kier alpha value is -4.80. The summed E-state index contributed by atoms with van der Waals surface area (Å²) in [4.78, 5) is 0. The lowest BCUT2D eigenvalue weighted by Gasteiger charge is -2.20. The van der Waals surface area contributed by atoms with Gasteiger partial charge in [-0.25, -0.2) is 0 Å². The maximum atomic E-state index is 11.0. The first-order chi connectivity index (χ1) is 28.6. The van der Waals surface area contributed by atoms with E-state index in [1.54, 1.807) is 0 Å². The van der Waals surface area contributed by atoms with Gasteiger partial charge in [0.1, 0.15) is 0 Å². The fourth-order valence-electron chi connectivity index (χ4n) is 8.23. The van der Waals surface area contributed by atoms with Crippen molar-refractivity contribution in [2.75, 3.05) is 0 Å². The molecule has 3 heteroatoms. The van der Waals surface area contributed by atoms with E-state index in [9.17, 15) is 10.2 Å². The zero-order valence-corrected chi connectivity index (χ0v) is 36.3. The van der Waals surface area contributed by atoms with Crippen molar-refractivity contribution >= 4 is 0 Å². The number of benzene rings is 6. The molecule has 0 fully saturated rings. The molecular weight excluding hydrogens is 721 g/mol. The largest absolute Gasteiger partial charge is 0.388 e. The Bertz CT molecular complexity index is 1990. The molecule has 0 heterocycles. The SMILES string of the molecule is CC(C)CCCC(C)C(O)c1ccc(-c2ccc(-c3ccccc3COCc3ccccc3-c3ccc(-c4ccc(C(O)C(C)CCCC(C)C)cc4)cc3)cc2)cc1. The summed E-state index contributed by atoms with van der Waals surface area (Å²) in [5.74, 6) is 1.89. The molecule has 0 saturated carbocycles. The first-order valence-electron chi connectivity index (χ1n) is 22.1. The van der Waals surface area contributed by atoms with Gasteiger partial charge in [0.05, 0.1) is 25.4 Å². The molecule has 0 spiro atoms. The standard InChI is InChI=1S/C56H66O3/c1-39(2)13-11-15-41(5)55(57)49-33-25-45(26-34-49)43-21-29-47(30-22-43)53-19-9-7-17-51(53)37-59-38-52-18-8-10-20-54(52)48-31-23-44(24-32-48)46-27-35-50(36-28-46)56(58)42(6)16-12-14-40(3)4/h7-10,17-36,39-42,55-58H,11-16,37-38H2,1-6H3. The topological polar surface area (TPSA) is 49.7 Å². The van der Waals surface area contributed by atoms with E-state index >= 15 is 0 Å². The van der Waals surface area contributed by atoms with Gasteiger partial charge in [-0.15, -0.1) is 0 Å². The summed E-state index contributed by atoms with van der Waals surface area (Å²) in [7, 11) is 0. The quantitative estimate of drug-likeness (QED) is 0.0810. The van der Waals surface area contributed by atoms with E-state index in [0.29, 0.717) is 25.0 Å². The van der Waals surface area contributed by atoms with Crippen molar-refractivity contribution in [1.29, 1.82) is 0 Å². The van der Waals surface area contributed by atoms with Gasteiger partial charge in [0, 0.05) is 0 Å². The molecule has 6 aromatic carbocycles. The van der Waals surface area contributed by atoms with E-state index in [2.05, 4.69) is 187 Å². The molecule has 0 saturated heterocycles. The van der Waals surface area contributed by atoms with Gasteiger partial charge in [-0.1, -0.05) is 213 Å². The Morgan fingerprint density at radius 1 is 0.373 bits per heavy atom. The van der Waals surface area contributed by atoms with Gasteiger partial charge in [0.15, 0.2) is 0 Å². The van der Waals surface area contributed by atoms with E-state index in [-0.39, 0.29) is 11.8 Å². The van der Waals surface area contributed by atoms with Gasteiger partial charge in [0.25, 0.3) is 0 Å². The predicted molar refractivity (Wildman–Crippen MR) is 249 cm³/mol. The van der Waals surface area contributed by atoms with E-state index in [1.807, 2.05) is 0 Å². The van der Waals surface area contributed by atoms with Gasteiger partial charge in [-0.3, -0.25) is 0 Å². The average molecular weight is 787 g/mol. The Kier molecular flexibility index (Phi) is 15.9. The highest BCUT2D eigenvalue weighted by molar-refractivity contribution is 5.74. The second-order valence-corrected chi connectivity index (χ2v) is 17.7.